The Kier molecular flexibility index (Phi) is 3.48. The molecule has 6 nitrogen and oxygen atoms in total. The lowest BCUT2D eigenvalue weighted by atomic mass is 10.4. The number of nitro groups is 1. The van der Waals surface area contributed by atoms with Gasteiger partial charge in [0.25, 0.3) is 5.69 Å². The highest BCUT2D eigenvalue weighted by atomic mass is 79.9. The highest BCUT2D eigenvalue weighted by Crippen LogP contribution is 2.26. The minimum absolute atomic E-state index is 0.0954. The summed E-state index contributed by atoms with van der Waals surface area (Å²) in [5, 5.41) is 21.5. The van der Waals surface area contributed by atoms with Gasteiger partial charge < -0.3 is 9.67 Å². The van der Waals surface area contributed by atoms with Crippen molar-refractivity contribution in [2.45, 2.75) is 6.54 Å². The van der Waals surface area contributed by atoms with E-state index in [1.165, 1.54) is 22.1 Å². The second-order valence-corrected chi connectivity index (χ2v) is 5.32. The quantitative estimate of drug-likeness (QED) is 0.689. The average molecular weight is 331 g/mol. The Bertz CT molecular complexity index is 619. The van der Waals surface area contributed by atoms with Crippen molar-refractivity contribution in [3.8, 4) is 0 Å². The van der Waals surface area contributed by atoms with Gasteiger partial charge in [-0.15, -0.1) is 11.3 Å². The Morgan fingerprint density at radius 2 is 2.33 bits per heavy atom. The van der Waals surface area contributed by atoms with Gasteiger partial charge in [0.15, 0.2) is 0 Å². The summed E-state index contributed by atoms with van der Waals surface area (Å²) in [6.45, 7) is 0.285. The van der Waals surface area contributed by atoms with E-state index < -0.39 is 10.9 Å². The van der Waals surface area contributed by atoms with Crippen molar-refractivity contribution in [3.05, 3.63) is 48.9 Å². The van der Waals surface area contributed by atoms with Gasteiger partial charge in [0, 0.05) is 15.4 Å². The van der Waals surface area contributed by atoms with E-state index in [0.29, 0.717) is 0 Å². The Morgan fingerprint density at radius 1 is 1.61 bits per heavy atom. The number of halogens is 1. The molecule has 0 amide bonds. The monoisotopic (exact) mass is 330 g/mol. The molecule has 0 aliphatic heterocycles. The molecule has 18 heavy (non-hydrogen) atoms. The average Bonchev–Trinajstić information content (AvgIpc) is 2.87. The van der Waals surface area contributed by atoms with E-state index in [0.717, 1.165) is 15.4 Å². The third-order valence-corrected chi connectivity index (χ3v) is 4.23. The number of carboxylic acid groups (broad SMARTS) is 1. The molecule has 0 unspecified atom stereocenters. The molecule has 8 heteroatoms. The molecule has 94 valence electrons. The Morgan fingerprint density at radius 3 is 2.83 bits per heavy atom. The maximum atomic E-state index is 11.0. The molecule has 0 atom stereocenters. The maximum Gasteiger partial charge on any atom is 0.352 e. The minimum atomic E-state index is -1.18. The Balaban J connectivity index is 2.40. The molecular weight excluding hydrogens is 324 g/mol. The summed E-state index contributed by atoms with van der Waals surface area (Å²) < 4.78 is 2.22. The van der Waals surface area contributed by atoms with Crippen molar-refractivity contribution >= 4 is 38.9 Å². The number of hydrogen-bond acceptors (Lipinski definition) is 4. The highest BCUT2D eigenvalue weighted by molar-refractivity contribution is 9.10. The van der Waals surface area contributed by atoms with E-state index in [1.807, 2.05) is 11.4 Å². The molecule has 0 saturated carbocycles. The number of aromatic carboxylic acids is 1. The van der Waals surface area contributed by atoms with Crippen LogP contribution in [0.15, 0.2) is 28.2 Å². The zero-order valence-electron chi connectivity index (χ0n) is 8.87. The van der Waals surface area contributed by atoms with Gasteiger partial charge in [-0.2, -0.15) is 0 Å². The van der Waals surface area contributed by atoms with Crippen LogP contribution in [0.3, 0.4) is 0 Å². The van der Waals surface area contributed by atoms with Gasteiger partial charge in [0.2, 0.25) is 0 Å². The molecule has 2 rings (SSSR count). The van der Waals surface area contributed by atoms with Crippen LogP contribution >= 0.6 is 27.3 Å². The van der Waals surface area contributed by atoms with Gasteiger partial charge in [0.1, 0.15) is 5.69 Å². The van der Waals surface area contributed by atoms with Gasteiger partial charge in [0.05, 0.1) is 17.7 Å². The Labute approximate surface area is 114 Å². The highest BCUT2D eigenvalue weighted by Gasteiger charge is 2.19. The number of aromatic nitrogens is 1. The molecule has 0 radical (unpaired) electrons. The first-order valence-electron chi connectivity index (χ1n) is 4.78. The van der Waals surface area contributed by atoms with Gasteiger partial charge in [-0.1, -0.05) is 0 Å². The van der Waals surface area contributed by atoms with Crippen LogP contribution in [0.1, 0.15) is 15.4 Å². The summed E-state index contributed by atoms with van der Waals surface area (Å²) in [5.41, 5.74) is -0.318. The third kappa shape index (κ3) is 2.44. The van der Waals surface area contributed by atoms with Crippen LogP contribution in [-0.4, -0.2) is 20.6 Å². The fourth-order valence-corrected chi connectivity index (χ4v) is 2.97. The van der Waals surface area contributed by atoms with Gasteiger partial charge in [-0.3, -0.25) is 10.1 Å². The number of carbonyl (C=O) groups is 1. The SMILES string of the molecule is O=C(O)c1cc([N+](=O)[O-])cn1Cc1sccc1Br. The van der Waals surface area contributed by atoms with E-state index in [2.05, 4.69) is 15.9 Å². The third-order valence-electron chi connectivity index (χ3n) is 2.32. The first kappa shape index (κ1) is 12.8. The number of thiophene rings is 1. The minimum Gasteiger partial charge on any atom is -0.477 e. The second-order valence-electron chi connectivity index (χ2n) is 3.47. The van der Waals surface area contributed by atoms with Crippen molar-refractivity contribution in [3.63, 3.8) is 0 Å². The van der Waals surface area contributed by atoms with Crippen LogP contribution in [0.2, 0.25) is 0 Å². The van der Waals surface area contributed by atoms with Crippen LogP contribution in [0.25, 0.3) is 0 Å². The van der Waals surface area contributed by atoms with Crippen LogP contribution in [-0.2, 0) is 6.54 Å². The van der Waals surface area contributed by atoms with E-state index in [-0.39, 0.29) is 17.9 Å². The van der Waals surface area contributed by atoms with E-state index in [1.54, 1.807) is 0 Å². The molecular formula is C10H7BrN2O4S. The van der Waals surface area contributed by atoms with Crippen molar-refractivity contribution in [2.24, 2.45) is 0 Å². The van der Waals surface area contributed by atoms with E-state index in [9.17, 15) is 14.9 Å². The maximum absolute atomic E-state index is 11.0. The number of hydrogen-bond donors (Lipinski definition) is 1. The van der Waals surface area contributed by atoms with Gasteiger partial charge >= 0.3 is 5.97 Å². The summed E-state index contributed by atoms with van der Waals surface area (Å²) in [7, 11) is 0. The Hall–Kier alpha value is -1.67. The molecule has 0 aliphatic carbocycles. The first-order valence-corrected chi connectivity index (χ1v) is 6.46. The van der Waals surface area contributed by atoms with Crippen LogP contribution < -0.4 is 0 Å². The zero-order valence-corrected chi connectivity index (χ0v) is 11.3. The molecule has 0 fully saturated rings. The number of rotatable bonds is 4. The van der Waals surface area contributed by atoms with E-state index >= 15 is 0 Å². The summed E-state index contributed by atoms with van der Waals surface area (Å²) in [5.74, 6) is -1.18. The molecule has 0 aromatic carbocycles. The molecule has 2 aromatic heterocycles. The topological polar surface area (TPSA) is 85.4 Å². The van der Waals surface area contributed by atoms with Crippen molar-refractivity contribution in [1.29, 1.82) is 0 Å². The molecule has 0 spiro atoms. The fraction of sp³-hybridized carbons (Fsp3) is 0.100. The number of nitrogens with zero attached hydrogens (tertiary/aromatic N) is 2. The zero-order chi connectivity index (χ0) is 13.3. The smallest absolute Gasteiger partial charge is 0.352 e. The summed E-state index contributed by atoms with van der Waals surface area (Å²) in [4.78, 5) is 22.0. The first-order chi connectivity index (χ1) is 8.49. The van der Waals surface area contributed by atoms with Crippen LogP contribution in [0.5, 0.6) is 0 Å². The summed E-state index contributed by atoms with van der Waals surface area (Å²) >= 11 is 4.79. The molecule has 0 saturated heterocycles. The largest absolute Gasteiger partial charge is 0.477 e. The molecule has 0 bridgehead atoms. The van der Waals surface area contributed by atoms with Crippen molar-refractivity contribution < 1.29 is 14.8 Å². The van der Waals surface area contributed by atoms with Crippen molar-refractivity contribution in [1.82, 2.24) is 4.57 Å². The normalized spacial score (nSPS) is 10.5. The van der Waals surface area contributed by atoms with Crippen LogP contribution in [0.4, 0.5) is 5.69 Å². The molecule has 0 aliphatic rings. The second kappa shape index (κ2) is 4.91. The molecule has 2 aromatic rings. The predicted octanol–water partition coefficient (Wildman–Crippen LogP) is 2.97. The van der Waals surface area contributed by atoms with E-state index in [4.69, 9.17) is 5.11 Å². The lowest BCUT2D eigenvalue weighted by Gasteiger charge is -2.03. The van der Waals surface area contributed by atoms with Crippen molar-refractivity contribution in [2.75, 3.05) is 0 Å². The molecule has 2 heterocycles. The standard InChI is InChI=1S/C10H7BrN2O4S/c11-7-1-2-18-9(7)5-12-4-6(13(16)17)3-8(12)10(14)15/h1-4H,5H2,(H,14,15). The van der Waals surface area contributed by atoms with Gasteiger partial charge in [-0.05, 0) is 27.4 Å². The molecule has 1 N–H and O–H groups in total. The van der Waals surface area contributed by atoms with Gasteiger partial charge in [-0.25, -0.2) is 4.79 Å². The summed E-state index contributed by atoms with van der Waals surface area (Å²) in [6.07, 6.45) is 1.23. The fourth-order valence-electron chi connectivity index (χ4n) is 1.50. The number of carboxylic acids is 1. The predicted molar refractivity (Wildman–Crippen MR) is 69.2 cm³/mol. The summed E-state index contributed by atoms with van der Waals surface area (Å²) in [6, 6.07) is 2.90. The lowest BCUT2D eigenvalue weighted by Crippen LogP contribution is -2.07. The van der Waals surface area contributed by atoms with Crippen LogP contribution in [0, 0.1) is 10.1 Å². The lowest BCUT2D eigenvalue weighted by molar-refractivity contribution is -0.384.